The number of morpholine rings is 1. The molecular formula is C17H20N2O4. The average Bonchev–Trinajstić information content (AvgIpc) is 2.91. The zero-order chi connectivity index (χ0) is 16.4. The van der Waals surface area contributed by atoms with Crippen molar-refractivity contribution in [2.45, 2.75) is 25.9 Å². The van der Waals surface area contributed by atoms with Gasteiger partial charge in [0.25, 0.3) is 0 Å². The summed E-state index contributed by atoms with van der Waals surface area (Å²) in [7, 11) is 0. The second-order valence-corrected chi connectivity index (χ2v) is 5.92. The Balaban J connectivity index is 1.70. The first-order chi connectivity index (χ1) is 11.0. The summed E-state index contributed by atoms with van der Waals surface area (Å²) in [6, 6.07) is 6.02. The maximum atomic E-state index is 12.5. The van der Waals surface area contributed by atoms with Crippen molar-refractivity contribution in [2.75, 3.05) is 19.7 Å². The molecule has 1 saturated heterocycles. The Morgan fingerprint density at radius 3 is 3.04 bits per heavy atom. The Labute approximate surface area is 134 Å². The number of rotatable bonds is 4. The monoisotopic (exact) mass is 316 g/mol. The minimum atomic E-state index is -0.906. The predicted octanol–water partition coefficient (Wildman–Crippen LogP) is 1.72. The van der Waals surface area contributed by atoms with Crippen LogP contribution in [0, 0.1) is 6.92 Å². The standard InChI is InChI=1S/C17H20N2O4/c1-11-3-2-4-14-12(9-18-17(11)14)7-15(20)19-5-6-23-13(10-19)8-16(21)22/h2-4,9,13,18H,5-8,10H2,1H3,(H,21,22). The second kappa shape index (κ2) is 6.42. The smallest absolute Gasteiger partial charge is 0.306 e. The van der Waals surface area contributed by atoms with Gasteiger partial charge in [0.1, 0.15) is 0 Å². The fraction of sp³-hybridized carbons (Fsp3) is 0.412. The Morgan fingerprint density at radius 1 is 1.43 bits per heavy atom. The fourth-order valence-corrected chi connectivity index (χ4v) is 3.05. The molecular weight excluding hydrogens is 296 g/mol. The summed E-state index contributed by atoms with van der Waals surface area (Å²) in [4.78, 5) is 28.3. The van der Waals surface area contributed by atoms with E-state index in [9.17, 15) is 9.59 Å². The van der Waals surface area contributed by atoms with Crippen molar-refractivity contribution < 1.29 is 19.4 Å². The molecule has 1 amide bonds. The highest BCUT2D eigenvalue weighted by Gasteiger charge is 2.26. The number of aromatic nitrogens is 1. The predicted molar refractivity (Wildman–Crippen MR) is 85.3 cm³/mol. The van der Waals surface area contributed by atoms with Crippen molar-refractivity contribution in [2.24, 2.45) is 0 Å². The van der Waals surface area contributed by atoms with E-state index >= 15 is 0 Å². The number of hydrogen-bond donors (Lipinski definition) is 2. The van der Waals surface area contributed by atoms with E-state index in [2.05, 4.69) is 4.98 Å². The van der Waals surface area contributed by atoms with Gasteiger partial charge in [-0.05, 0) is 18.1 Å². The van der Waals surface area contributed by atoms with Crippen molar-refractivity contribution in [3.63, 3.8) is 0 Å². The number of ether oxygens (including phenoxy) is 1. The van der Waals surface area contributed by atoms with E-state index in [4.69, 9.17) is 9.84 Å². The van der Waals surface area contributed by atoms with Crippen LogP contribution in [0.3, 0.4) is 0 Å². The van der Waals surface area contributed by atoms with Crippen LogP contribution in [0.5, 0.6) is 0 Å². The van der Waals surface area contributed by atoms with Gasteiger partial charge in [0.05, 0.1) is 25.6 Å². The molecule has 0 bridgehead atoms. The fourth-order valence-electron chi connectivity index (χ4n) is 3.05. The lowest BCUT2D eigenvalue weighted by atomic mass is 10.1. The van der Waals surface area contributed by atoms with Crippen LogP contribution in [0.4, 0.5) is 0 Å². The normalized spacial score (nSPS) is 18.3. The highest BCUT2D eigenvalue weighted by molar-refractivity contribution is 5.90. The van der Waals surface area contributed by atoms with Crippen LogP contribution in [-0.2, 0) is 20.7 Å². The van der Waals surface area contributed by atoms with Gasteiger partial charge in [-0.25, -0.2) is 0 Å². The van der Waals surface area contributed by atoms with Crippen molar-refractivity contribution in [3.05, 3.63) is 35.5 Å². The van der Waals surface area contributed by atoms with E-state index in [1.54, 1.807) is 4.90 Å². The van der Waals surface area contributed by atoms with Gasteiger partial charge in [-0.1, -0.05) is 18.2 Å². The lowest BCUT2D eigenvalue weighted by Gasteiger charge is -2.32. The van der Waals surface area contributed by atoms with Crippen LogP contribution in [0.2, 0.25) is 0 Å². The molecule has 1 atom stereocenters. The first-order valence-electron chi connectivity index (χ1n) is 7.71. The van der Waals surface area contributed by atoms with Crippen LogP contribution in [0.25, 0.3) is 10.9 Å². The number of carboxylic acid groups (broad SMARTS) is 1. The summed E-state index contributed by atoms with van der Waals surface area (Å²) in [6.45, 7) is 3.27. The molecule has 1 fully saturated rings. The number of fused-ring (bicyclic) bond motifs is 1. The van der Waals surface area contributed by atoms with Crippen LogP contribution in [-0.4, -0.2) is 52.7 Å². The first-order valence-corrected chi connectivity index (χ1v) is 7.71. The maximum absolute atomic E-state index is 12.5. The summed E-state index contributed by atoms with van der Waals surface area (Å²) >= 11 is 0. The quantitative estimate of drug-likeness (QED) is 0.900. The molecule has 6 heteroatoms. The summed E-state index contributed by atoms with van der Waals surface area (Å²) < 4.78 is 5.41. The number of nitrogens with zero attached hydrogens (tertiary/aromatic N) is 1. The molecule has 0 spiro atoms. The van der Waals surface area contributed by atoms with Gasteiger partial charge in [0.2, 0.25) is 5.91 Å². The summed E-state index contributed by atoms with van der Waals surface area (Å²) in [5.41, 5.74) is 3.17. The molecule has 2 heterocycles. The minimum absolute atomic E-state index is 0.00564. The number of carboxylic acids is 1. The number of nitrogens with one attached hydrogen (secondary N) is 1. The van der Waals surface area contributed by atoms with Gasteiger partial charge in [0.15, 0.2) is 0 Å². The van der Waals surface area contributed by atoms with Crippen LogP contribution >= 0.6 is 0 Å². The molecule has 1 unspecified atom stereocenters. The molecule has 1 aromatic heterocycles. The molecule has 0 radical (unpaired) electrons. The van der Waals surface area contributed by atoms with E-state index in [1.165, 1.54) is 0 Å². The zero-order valence-electron chi connectivity index (χ0n) is 13.0. The SMILES string of the molecule is Cc1cccc2c(CC(=O)N3CCOC(CC(=O)O)C3)c[nH]c12. The molecule has 2 N–H and O–H groups in total. The van der Waals surface area contributed by atoms with E-state index in [0.29, 0.717) is 26.1 Å². The van der Waals surface area contributed by atoms with Crippen LogP contribution in [0.15, 0.2) is 24.4 Å². The van der Waals surface area contributed by atoms with Crippen molar-refractivity contribution in [1.29, 1.82) is 0 Å². The number of aromatic amines is 1. The van der Waals surface area contributed by atoms with E-state index in [-0.39, 0.29) is 12.3 Å². The Morgan fingerprint density at radius 2 is 2.26 bits per heavy atom. The number of aliphatic carboxylic acids is 1. The van der Waals surface area contributed by atoms with Gasteiger partial charge < -0.3 is 19.7 Å². The van der Waals surface area contributed by atoms with Crippen LogP contribution in [0.1, 0.15) is 17.5 Å². The zero-order valence-corrected chi connectivity index (χ0v) is 13.0. The van der Waals surface area contributed by atoms with Crippen LogP contribution < -0.4 is 0 Å². The van der Waals surface area contributed by atoms with Crippen molar-refractivity contribution >= 4 is 22.8 Å². The topological polar surface area (TPSA) is 82.6 Å². The van der Waals surface area contributed by atoms with E-state index < -0.39 is 12.1 Å². The molecule has 1 aliphatic rings. The summed E-state index contributed by atoms with van der Waals surface area (Å²) in [6.07, 6.45) is 1.69. The molecule has 23 heavy (non-hydrogen) atoms. The largest absolute Gasteiger partial charge is 0.481 e. The first kappa shape index (κ1) is 15.6. The van der Waals surface area contributed by atoms with Crippen molar-refractivity contribution in [1.82, 2.24) is 9.88 Å². The molecule has 0 saturated carbocycles. The molecule has 3 rings (SSSR count). The molecule has 1 aromatic carbocycles. The third kappa shape index (κ3) is 3.37. The number of aryl methyl sites for hydroxylation is 1. The van der Waals surface area contributed by atoms with Gasteiger partial charge in [-0.15, -0.1) is 0 Å². The number of H-pyrrole nitrogens is 1. The van der Waals surface area contributed by atoms with Gasteiger partial charge in [0, 0.05) is 30.2 Å². The Kier molecular flexibility index (Phi) is 4.34. The van der Waals surface area contributed by atoms with Crippen molar-refractivity contribution in [3.8, 4) is 0 Å². The lowest BCUT2D eigenvalue weighted by Crippen LogP contribution is -2.46. The molecule has 1 aliphatic heterocycles. The lowest BCUT2D eigenvalue weighted by molar-refractivity contribution is -0.147. The summed E-state index contributed by atoms with van der Waals surface area (Å²) in [5, 5.41) is 9.92. The highest BCUT2D eigenvalue weighted by atomic mass is 16.5. The van der Waals surface area contributed by atoms with Gasteiger partial charge >= 0.3 is 5.97 Å². The minimum Gasteiger partial charge on any atom is -0.481 e. The molecule has 0 aliphatic carbocycles. The van der Waals surface area contributed by atoms with E-state index in [1.807, 2.05) is 31.3 Å². The summed E-state index contributed by atoms with van der Waals surface area (Å²) in [5.74, 6) is -0.900. The maximum Gasteiger partial charge on any atom is 0.306 e. The number of benzene rings is 1. The molecule has 6 nitrogen and oxygen atoms in total. The number of carbonyl (C=O) groups is 2. The Bertz CT molecular complexity index is 737. The average molecular weight is 316 g/mol. The number of carbonyl (C=O) groups excluding carboxylic acids is 1. The highest BCUT2D eigenvalue weighted by Crippen LogP contribution is 2.22. The third-order valence-corrected chi connectivity index (χ3v) is 4.24. The molecule has 2 aromatic rings. The van der Waals surface area contributed by atoms with Gasteiger partial charge in [-0.2, -0.15) is 0 Å². The number of amides is 1. The number of para-hydroxylation sites is 1. The number of hydrogen-bond acceptors (Lipinski definition) is 3. The second-order valence-electron chi connectivity index (χ2n) is 5.92. The van der Waals surface area contributed by atoms with E-state index in [0.717, 1.165) is 22.0 Å². The third-order valence-electron chi connectivity index (χ3n) is 4.24. The van der Waals surface area contributed by atoms with Gasteiger partial charge in [-0.3, -0.25) is 9.59 Å². The Hall–Kier alpha value is -2.34. The molecule has 122 valence electrons.